The fourth-order valence-corrected chi connectivity index (χ4v) is 6.31. The number of ketones is 1. The molecule has 2 aromatic heterocycles. The van der Waals surface area contributed by atoms with E-state index in [1.54, 1.807) is 35.7 Å². The maximum atomic E-state index is 13.9. The number of benzene rings is 1. The van der Waals surface area contributed by atoms with E-state index >= 15 is 0 Å². The molecule has 0 spiro atoms. The Morgan fingerprint density at radius 3 is 2.71 bits per heavy atom. The highest BCUT2D eigenvalue weighted by atomic mass is 32.2. The smallest absolute Gasteiger partial charge is 0.201 e. The lowest BCUT2D eigenvalue weighted by Crippen LogP contribution is -2.33. The van der Waals surface area contributed by atoms with Gasteiger partial charge < -0.3 is 5.32 Å². The first-order valence-electron chi connectivity index (χ1n) is 11.9. The van der Waals surface area contributed by atoms with Crippen molar-refractivity contribution in [3.8, 4) is 10.4 Å². The lowest BCUT2D eigenvalue weighted by Gasteiger charge is -2.29. The summed E-state index contributed by atoms with van der Waals surface area (Å²) in [6.07, 6.45) is 8.55. The van der Waals surface area contributed by atoms with E-state index in [9.17, 15) is 14.0 Å². The number of nitrogens with zero attached hydrogens (tertiary/aromatic N) is 2. The second-order valence-corrected chi connectivity index (χ2v) is 11.1. The number of rotatable bonds is 7. The van der Waals surface area contributed by atoms with Crippen LogP contribution in [-0.4, -0.2) is 26.9 Å². The maximum absolute atomic E-state index is 13.9. The lowest BCUT2D eigenvalue weighted by molar-refractivity contribution is -0.119. The molecule has 1 aliphatic heterocycles. The number of Topliss-reactive ketones (excluding diaryl/α,β-unsaturated/α-hetero) is 1. The van der Waals surface area contributed by atoms with Crippen LogP contribution in [0.4, 0.5) is 4.39 Å². The van der Waals surface area contributed by atoms with Crippen molar-refractivity contribution in [1.82, 2.24) is 15.3 Å². The zero-order chi connectivity index (χ0) is 24.2. The summed E-state index contributed by atoms with van der Waals surface area (Å²) in [6.45, 7) is 0.724. The van der Waals surface area contributed by atoms with Gasteiger partial charge in [0.05, 0.1) is 17.0 Å². The van der Waals surface area contributed by atoms with Gasteiger partial charge in [0, 0.05) is 30.1 Å². The summed E-state index contributed by atoms with van der Waals surface area (Å²) in [6, 6.07) is 11.3. The van der Waals surface area contributed by atoms with Gasteiger partial charge in [-0.2, -0.15) is 0 Å². The van der Waals surface area contributed by atoms with Crippen molar-refractivity contribution in [1.29, 1.82) is 0 Å². The normalized spacial score (nSPS) is 21.7. The molecule has 8 heteroatoms. The molecular weight excluding hydrogens is 481 g/mol. The predicted molar refractivity (Wildman–Crippen MR) is 138 cm³/mol. The molecule has 1 saturated heterocycles. The van der Waals surface area contributed by atoms with Crippen LogP contribution in [0.1, 0.15) is 49.2 Å². The molecule has 3 heterocycles. The van der Waals surface area contributed by atoms with E-state index in [-0.39, 0.29) is 23.1 Å². The van der Waals surface area contributed by atoms with Gasteiger partial charge >= 0.3 is 0 Å². The third-order valence-electron chi connectivity index (χ3n) is 6.57. The van der Waals surface area contributed by atoms with Crippen LogP contribution in [-0.2, 0) is 22.6 Å². The largest absolute Gasteiger partial charge is 0.310 e. The SMILES string of the molecule is O=C1CC(=O)/C(=C/c2ccnc(CC3CCC(NCc4ccc(F)cc4-c4cccs4)CC3)n2)S1. The van der Waals surface area contributed by atoms with Gasteiger partial charge in [-0.05, 0) is 90.2 Å². The third-order valence-corrected chi connectivity index (χ3v) is 8.41. The van der Waals surface area contributed by atoms with Crippen molar-refractivity contribution >= 4 is 40.1 Å². The average Bonchev–Trinajstić information content (AvgIpc) is 3.49. The fourth-order valence-electron chi connectivity index (χ4n) is 4.72. The number of thiophene rings is 1. The van der Waals surface area contributed by atoms with E-state index in [1.807, 2.05) is 23.6 Å². The summed E-state index contributed by atoms with van der Waals surface area (Å²) in [5.74, 6) is 0.966. The first kappa shape index (κ1) is 24.0. The third kappa shape index (κ3) is 6.12. The predicted octanol–water partition coefficient (Wildman–Crippen LogP) is 5.81. The highest BCUT2D eigenvalue weighted by molar-refractivity contribution is 8.18. The van der Waals surface area contributed by atoms with Crippen LogP contribution in [0.3, 0.4) is 0 Å². The average molecular weight is 508 g/mol. The topological polar surface area (TPSA) is 72.0 Å². The molecular formula is C27H26FN3O2S2. The first-order valence-corrected chi connectivity index (χ1v) is 13.6. The van der Waals surface area contributed by atoms with Gasteiger partial charge in [0.1, 0.15) is 11.6 Å². The molecule has 0 unspecified atom stereocenters. The quantitative estimate of drug-likeness (QED) is 0.321. The second kappa shape index (κ2) is 10.9. The monoisotopic (exact) mass is 507 g/mol. The van der Waals surface area contributed by atoms with Crippen LogP contribution in [0.25, 0.3) is 16.5 Å². The number of hydrogen-bond donors (Lipinski definition) is 1. The number of carbonyl (C=O) groups excluding carboxylic acids is 2. The summed E-state index contributed by atoms with van der Waals surface area (Å²) < 4.78 is 13.9. The van der Waals surface area contributed by atoms with Gasteiger partial charge in [-0.15, -0.1) is 11.3 Å². The molecule has 0 amide bonds. The standard InChI is InChI=1S/C27H26FN3O2S2/c28-19-6-5-18(22(13-19)24-2-1-11-34-24)16-30-20-7-3-17(4-8-20)12-26-29-10-9-21(31-26)14-25-23(32)15-27(33)35-25/h1-2,5-6,9-11,13-14,17,20,30H,3-4,7-8,12,15-16H2/b25-14-. The van der Waals surface area contributed by atoms with E-state index in [1.165, 1.54) is 6.07 Å². The minimum absolute atomic E-state index is 0.0256. The van der Waals surface area contributed by atoms with Gasteiger partial charge in [0.15, 0.2) is 5.78 Å². The van der Waals surface area contributed by atoms with E-state index in [0.717, 1.165) is 72.2 Å². The van der Waals surface area contributed by atoms with Crippen LogP contribution in [0.5, 0.6) is 0 Å². The van der Waals surface area contributed by atoms with Crippen molar-refractivity contribution in [2.24, 2.45) is 5.92 Å². The minimum Gasteiger partial charge on any atom is -0.310 e. The highest BCUT2D eigenvalue weighted by Gasteiger charge is 2.26. The molecule has 1 aromatic carbocycles. The number of aromatic nitrogens is 2. The van der Waals surface area contributed by atoms with Gasteiger partial charge in [0.2, 0.25) is 5.12 Å². The zero-order valence-corrected chi connectivity index (χ0v) is 20.8. The van der Waals surface area contributed by atoms with Gasteiger partial charge in [0.25, 0.3) is 0 Å². The molecule has 0 radical (unpaired) electrons. The van der Waals surface area contributed by atoms with Crippen molar-refractivity contribution in [2.75, 3.05) is 0 Å². The molecule has 0 atom stereocenters. The summed E-state index contributed by atoms with van der Waals surface area (Å²) >= 11 is 2.63. The van der Waals surface area contributed by atoms with Crippen molar-refractivity contribution in [3.05, 3.63) is 75.8 Å². The molecule has 0 bridgehead atoms. The van der Waals surface area contributed by atoms with E-state index in [2.05, 4.69) is 15.3 Å². The summed E-state index contributed by atoms with van der Waals surface area (Å²) in [5.41, 5.74) is 2.77. The Bertz CT molecular complexity index is 1250. The number of thioether (sulfide) groups is 1. The Balaban J connectivity index is 1.14. The Morgan fingerprint density at radius 2 is 1.97 bits per heavy atom. The molecule has 5 nitrogen and oxygen atoms in total. The van der Waals surface area contributed by atoms with Crippen molar-refractivity contribution in [3.63, 3.8) is 0 Å². The first-order chi connectivity index (χ1) is 17.0. The van der Waals surface area contributed by atoms with Crippen LogP contribution in [0.2, 0.25) is 0 Å². The van der Waals surface area contributed by atoms with Crippen molar-refractivity contribution in [2.45, 2.75) is 51.1 Å². The van der Waals surface area contributed by atoms with Crippen molar-refractivity contribution < 1.29 is 14.0 Å². The Hall–Kier alpha value is -2.68. The Morgan fingerprint density at radius 1 is 1.11 bits per heavy atom. The van der Waals surface area contributed by atoms with Crippen LogP contribution >= 0.6 is 23.1 Å². The van der Waals surface area contributed by atoms with Gasteiger partial charge in [-0.25, -0.2) is 14.4 Å². The molecule has 1 saturated carbocycles. The fraction of sp³-hybridized carbons (Fsp3) is 0.333. The second-order valence-electron chi connectivity index (χ2n) is 9.06. The summed E-state index contributed by atoms with van der Waals surface area (Å²) in [5, 5.41) is 5.59. The maximum Gasteiger partial charge on any atom is 0.201 e. The number of nitrogens with one attached hydrogen (secondary N) is 1. The number of allylic oxidation sites excluding steroid dienone is 1. The van der Waals surface area contributed by atoms with E-state index in [0.29, 0.717) is 22.6 Å². The zero-order valence-electron chi connectivity index (χ0n) is 19.2. The molecule has 35 heavy (non-hydrogen) atoms. The molecule has 3 aromatic rings. The van der Waals surface area contributed by atoms with E-state index < -0.39 is 0 Å². The minimum atomic E-state index is -0.206. The Labute approximate surface area is 212 Å². The molecule has 2 aliphatic rings. The lowest BCUT2D eigenvalue weighted by atomic mass is 9.84. The summed E-state index contributed by atoms with van der Waals surface area (Å²) in [7, 11) is 0. The van der Waals surface area contributed by atoms with Crippen LogP contribution in [0.15, 0.2) is 52.9 Å². The molecule has 180 valence electrons. The van der Waals surface area contributed by atoms with Crippen LogP contribution in [0, 0.1) is 11.7 Å². The highest BCUT2D eigenvalue weighted by Crippen LogP contribution is 2.32. The molecule has 5 rings (SSSR count). The number of carbonyl (C=O) groups is 2. The van der Waals surface area contributed by atoms with E-state index in [4.69, 9.17) is 0 Å². The molecule has 1 aliphatic carbocycles. The number of hydrogen-bond acceptors (Lipinski definition) is 7. The number of halogens is 1. The van der Waals surface area contributed by atoms with Gasteiger partial charge in [-0.3, -0.25) is 9.59 Å². The summed E-state index contributed by atoms with van der Waals surface area (Å²) in [4.78, 5) is 34.0. The molecule has 2 fully saturated rings. The van der Waals surface area contributed by atoms with Gasteiger partial charge in [-0.1, -0.05) is 12.1 Å². The Kier molecular flexibility index (Phi) is 7.51. The molecule has 1 N–H and O–H groups in total. The van der Waals surface area contributed by atoms with Crippen LogP contribution < -0.4 is 5.32 Å².